The number of nitrogens with two attached hydrogens (primary N) is 1. The maximum atomic E-state index is 13.0. The third kappa shape index (κ3) is 4.38. The van der Waals surface area contributed by atoms with Crippen LogP contribution in [0.1, 0.15) is 29.0 Å². The van der Waals surface area contributed by atoms with E-state index in [1.807, 2.05) is 0 Å². The van der Waals surface area contributed by atoms with Crippen molar-refractivity contribution in [2.75, 3.05) is 6.54 Å². The maximum absolute atomic E-state index is 13.0. The van der Waals surface area contributed by atoms with Gasteiger partial charge < -0.3 is 10.8 Å². The van der Waals surface area contributed by atoms with Crippen LogP contribution >= 0.6 is 0 Å². The molecule has 0 aliphatic heterocycles. The molecule has 2 aromatic rings. The summed E-state index contributed by atoms with van der Waals surface area (Å²) in [5.41, 5.74) is 9.09. The van der Waals surface area contributed by atoms with Crippen molar-refractivity contribution in [3.8, 4) is 0 Å². The average Bonchev–Trinajstić information content (AvgIpc) is 2.49. The van der Waals surface area contributed by atoms with Crippen molar-refractivity contribution in [3.05, 3.63) is 71.0 Å². The van der Waals surface area contributed by atoms with Crippen LogP contribution in [0.25, 0.3) is 0 Å². The summed E-state index contributed by atoms with van der Waals surface area (Å²) in [7, 11) is 0. The fourth-order valence-electron chi connectivity index (χ4n) is 2.50. The predicted molar refractivity (Wildman–Crippen MR) is 83.7 cm³/mol. The Bertz CT molecular complexity index is 550. The molecule has 0 heterocycles. The van der Waals surface area contributed by atoms with Crippen LogP contribution in [-0.4, -0.2) is 17.8 Å². The van der Waals surface area contributed by atoms with Crippen molar-refractivity contribution in [1.29, 1.82) is 0 Å². The van der Waals surface area contributed by atoms with Crippen LogP contribution < -0.4 is 5.73 Å². The van der Waals surface area contributed by atoms with E-state index in [1.54, 1.807) is 12.1 Å². The number of hydrogen-bond donors (Lipinski definition) is 2. The lowest BCUT2D eigenvalue weighted by atomic mass is 9.90. The first-order valence-electron chi connectivity index (χ1n) is 7.29. The number of rotatable bonds is 6. The molecular formula is C18H22FNO. The lowest BCUT2D eigenvalue weighted by molar-refractivity contribution is 0.136. The molecule has 0 aromatic heterocycles. The van der Waals surface area contributed by atoms with Gasteiger partial charge in [-0.1, -0.05) is 42.0 Å². The Labute approximate surface area is 125 Å². The summed E-state index contributed by atoms with van der Waals surface area (Å²) in [6.45, 7) is 2.40. The second-order valence-electron chi connectivity index (χ2n) is 5.49. The van der Waals surface area contributed by atoms with E-state index in [-0.39, 0.29) is 11.7 Å². The number of halogens is 1. The van der Waals surface area contributed by atoms with E-state index in [9.17, 15) is 9.50 Å². The minimum absolute atomic E-state index is 0.156. The molecule has 2 atom stereocenters. The molecule has 0 aliphatic carbocycles. The summed E-state index contributed by atoms with van der Waals surface area (Å²) >= 11 is 0. The molecular weight excluding hydrogens is 265 g/mol. The van der Waals surface area contributed by atoms with Gasteiger partial charge in [0.25, 0.3) is 0 Å². The molecule has 0 fully saturated rings. The van der Waals surface area contributed by atoms with Crippen LogP contribution in [0.3, 0.4) is 0 Å². The molecule has 0 radical (unpaired) electrons. The van der Waals surface area contributed by atoms with Crippen LogP contribution in [-0.2, 0) is 6.42 Å². The summed E-state index contributed by atoms with van der Waals surface area (Å²) in [5.74, 6) is -0.431. The topological polar surface area (TPSA) is 46.2 Å². The van der Waals surface area contributed by atoms with Crippen molar-refractivity contribution in [2.45, 2.75) is 31.8 Å². The molecule has 0 spiro atoms. The van der Waals surface area contributed by atoms with Crippen molar-refractivity contribution in [1.82, 2.24) is 0 Å². The Kier molecular flexibility index (Phi) is 5.48. The molecule has 0 saturated heterocycles. The Morgan fingerprint density at radius 3 is 2.24 bits per heavy atom. The molecule has 2 unspecified atom stereocenters. The first-order chi connectivity index (χ1) is 10.1. The van der Waals surface area contributed by atoms with Crippen molar-refractivity contribution < 1.29 is 9.50 Å². The number of aryl methyl sites for hydroxylation is 2. The quantitative estimate of drug-likeness (QED) is 0.857. The van der Waals surface area contributed by atoms with Gasteiger partial charge in [0.05, 0.1) is 6.10 Å². The van der Waals surface area contributed by atoms with Gasteiger partial charge >= 0.3 is 0 Å². The molecule has 0 bridgehead atoms. The van der Waals surface area contributed by atoms with Crippen LogP contribution in [0, 0.1) is 12.7 Å². The van der Waals surface area contributed by atoms with E-state index in [1.165, 1.54) is 23.3 Å². The van der Waals surface area contributed by atoms with Gasteiger partial charge in [-0.25, -0.2) is 4.39 Å². The van der Waals surface area contributed by atoms with Gasteiger partial charge in [-0.3, -0.25) is 0 Å². The monoisotopic (exact) mass is 287 g/mol. The van der Waals surface area contributed by atoms with Crippen LogP contribution in [0.15, 0.2) is 48.5 Å². The van der Waals surface area contributed by atoms with Gasteiger partial charge in [0.1, 0.15) is 5.82 Å². The van der Waals surface area contributed by atoms with Crippen LogP contribution in [0.5, 0.6) is 0 Å². The van der Waals surface area contributed by atoms with E-state index in [4.69, 9.17) is 5.73 Å². The first-order valence-corrected chi connectivity index (χ1v) is 7.29. The highest BCUT2D eigenvalue weighted by molar-refractivity contribution is 5.23. The van der Waals surface area contributed by atoms with E-state index in [0.29, 0.717) is 13.0 Å². The van der Waals surface area contributed by atoms with Gasteiger partial charge in [-0.05, 0) is 43.0 Å². The van der Waals surface area contributed by atoms with Crippen molar-refractivity contribution >= 4 is 0 Å². The van der Waals surface area contributed by atoms with Crippen molar-refractivity contribution in [2.24, 2.45) is 5.73 Å². The second kappa shape index (κ2) is 7.34. The van der Waals surface area contributed by atoms with E-state index < -0.39 is 6.10 Å². The first kappa shape index (κ1) is 15.7. The predicted octanol–water partition coefficient (Wildman–Crippen LogP) is 3.17. The molecule has 0 aliphatic rings. The molecule has 3 N–H and O–H groups in total. The zero-order chi connectivity index (χ0) is 15.2. The fraction of sp³-hybridized carbons (Fsp3) is 0.333. The summed E-state index contributed by atoms with van der Waals surface area (Å²) < 4.78 is 13.0. The number of aliphatic hydroxyl groups is 1. The highest BCUT2D eigenvalue weighted by Gasteiger charge is 2.19. The minimum atomic E-state index is -0.526. The van der Waals surface area contributed by atoms with Gasteiger partial charge in [0, 0.05) is 12.5 Å². The highest BCUT2D eigenvalue weighted by Crippen LogP contribution is 2.22. The van der Waals surface area contributed by atoms with Crippen molar-refractivity contribution in [3.63, 3.8) is 0 Å². The summed E-state index contributed by atoms with van der Waals surface area (Å²) in [6, 6.07) is 14.5. The van der Waals surface area contributed by atoms with Crippen LogP contribution in [0.2, 0.25) is 0 Å². The molecule has 0 amide bonds. The zero-order valence-corrected chi connectivity index (χ0v) is 12.3. The Hall–Kier alpha value is -1.71. The Balaban J connectivity index is 1.98. The normalized spacial score (nSPS) is 13.9. The number of benzene rings is 2. The van der Waals surface area contributed by atoms with Crippen LogP contribution in [0.4, 0.5) is 4.39 Å². The standard InChI is InChI=1S/C18H22FNO/c1-13-2-4-14(5-3-13)6-11-18(21)17(12-20)15-7-9-16(19)10-8-15/h2-5,7-10,17-18,21H,6,11-12,20H2,1H3. The van der Waals surface area contributed by atoms with E-state index >= 15 is 0 Å². The fourth-order valence-corrected chi connectivity index (χ4v) is 2.50. The Morgan fingerprint density at radius 2 is 1.67 bits per heavy atom. The maximum Gasteiger partial charge on any atom is 0.123 e. The summed E-state index contributed by atoms with van der Waals surface area (Å²) in [4.78, 5) is 0. The molecule has 2 nitrogen and oxygen atoms in total. The van der Waals surface area contributed by atoms with Gasteiger partial charge in [0.2, 0.25) is 0 Å². The summed E-state index contributed by atoms with van der Waals surface area (Å²) in [5, 5.41) is 10.4. The molecule has 3 heteroatoms. The number of aliphatic hydroxyl groups excluding tert-OH is 1. The van der Waals surface area contributed by atoms with Gasteiger partial charge in [-0.15, -0.1) is 0 Å². The zero-order valence-electron chi connectivity index (χ0n) is 12.3. The lowest BCUT2D eigenvalue weighted by Gasteiger charge is -2.22. The average molecular weight is 287 g/mol. The molecule has 2 rings (SSSR count). The number of hydrogen-bond acceptors (Lipinski definition) is 2. The molecule has 112 valence electrons. The summed E-state index contributed by atoms with van der Waals surface area (Å²) in [6.07, 6.45) is 0.920. The van der Waals surface area contributed by atoms with Gasteiger partial charge in [0.15, 0.2) is 0 Å². The smallest absolute Gasteiger partial charge is 0.123 e. The molecule has 2 aromatic carbocycles. The van der Waals surface area contributed by atoms with E-state index in [2.05, 4.69) is 31.2 Å². The highest BCUT2D eigenvalue weighted by atomic mass is 19.1. The third-order valence-corrected chi connectivity index (χ3v) is 3.87. The third-order valence-electron chi connectivity index (χ3n) is 3.87. The molecule has 0 saturated carbocycles. The lowest BCUT2D eigenvalue weighted by Crippen LogP contribution is -2.26. The Morgan fingerprint density at radius 1 is 1.05 bits per heavy atom. The largest absolute Gasteiger partial charge is 0.392 e. The van der Waals surface area contributed by atoms with E-state index in [0.717, 1.165) is 12.0 Å². The molecule has 21 heavy (non-hydrogen) atoms. The second-order valence-corrected chi connectivity index (χ2v) is 5.49. The van der Waals surface area contributed by atoms with Gasteiger partial charge in [-0.2, -0.15) is 0 Å². The SMILES string of the molecule is Cc1ccc(CCC(O)C(CN)c2ccc(F)cc2)cc1. The minimum Gasteiger partial charge on any atom is -0.392 e.